The van der Waals surface area contributed by atoms with Crippen LogP contribution in [0.15, 0.2) is 22.7 Å². The highest BCUT2D eigenvalue weighted by Gasteiger charge is 2.37. The molecule has 1 aromatic rings. The van der Waals surface area contributed by atoms with Crippen molar-refractivity contribution >= 4 is 21.7 Å². The van der Waals surface area contributed by atoms with Crippen molar-refractivity contribution in [1.29, 1.82) is 0 Å². The van der Waals surface area contributed by atoms with E-state index in [1.54, 1.807) is 12.1 Å². The van der Waals surface area contributed by atoms with E-state index in [-0.39, 0.29) is 23.4 Å². The van der Waals surface area contributed by atoms with Crippen LogP contribution in [0, 0.1) is 11.2 Å². The van der Waals surface area contributed by atoms with Crippen molar-refractivity contribution in [2.75, 3.05) is 6.54 Å². The molecule has 0 aromatic heterocycles. The van der Waals surface area contributed by atoms with Gasteiger partial charge in [-0.1, -0.05) is 18.6 Å². The normalized spacial score (nSPS) is 17.3. The first kappa shape index (κ1) is 13.7. The molecule has 2 nitrogen and oxygen atoms in total. The van der Waals surface area contributed by atoms with Crippen LogP contribution in [-0.2, 0) is 11.2 Å². The summed E-state index contributed by atoms with van der Waals surface area (Å²) in [6, 6.07) is 4.79. The molecule has 0 aliphatic heterocycles. The fourth-order valence-electron chi connectivity index (χ4n) is 2.51. The molecule has 0 spiro atoms. The van der Waals surface area contributed by atoms with Gasteiger partial charge in [-0.25, -0.2) is 4.39 Å². The topological polar surface area (TPSA) is 43.1 Å². The molecule has 1 fully saturated rings. The molecule has 98 valence electrons. The summed E-state index contributed by atoms with van der Waals surface area (Å²) in [6.45, 7) is 0.572. The van der Waals surface area contributed by atoms with E-state index in [1.165, 1.54) is 6.07 Å². The van der Waals surface area contributed by atoms with Crippen LogP contribution in [-0.4, -0.2) is 12.3 Å². The van der Waals surface area contributed by atoms with E-state index in [1.807, 2.05) is 0 Å². The fraction of sp³-hybridized carbons (Fsp3) is 0.500. The SMILES string of the molecule is NCC1(CC(=O)Cc2cccc(F)c2Br)CCC1. The van der Waals surface area contributed by atoms with Crippen molar-refractivity contribution in [3.8, 4) is 0 Å². The first-order valence-electron chi connectivity index (χ1n) is 6.21. The Kier molecular flexibility index (Phi) is 4.17. The van der Waals surface area contributed by atoms with Crippen molar-refractivity contribution in [2.24, 2.45) is 11.1 Å². The lowest BCUT2D eigenvalue weighted by molar-refractivity contribution is -0.122. The third kappa shape index (κ3) is 2.81. The molecule has 0 saturated heterocycles. The van der Waals surface area contributed by atoms with Gasteiger partial charge in [-0.3, -0.25) is 4.79 Å². The van der Waals surface area contributed by atoms with Crippen LogP contribution in [0.4, 0.5) is 4.39 Å². The average molecular weight is 314 g/mol. The second kappa shape index (κ2) is 5.49. The summed E-state index contributed by atoms with van der Waals surface area (Å²) in [4.78, 5) is 12.0. The molecular formula is C14H17BrFNO. The molecule has 1 aliphatic rings. The number of nitrogens with two attached hydrogens (primary N) is 1. The maximum Gasteiger partial charge on any atom is 0.137 e. The number of carbonyl (C=O) groups is 1. The molecule has 0 atom stereocenters. The molecule has 4 heteroatoms. The molecule has 0 radical (unpaired) electrons. The van der Waals surface area contributed by atoms with Gasteiger partial charge in [0, 0.05) is 12.8 Å². The number of ketones is 1. The van der Waals surface area contributed by atoms with Gasteiger partial charge in [0.2, 0.25) is 0 Å². The van der Waals surface area contributed by atoms with Gasteiger partial charge in [0.1, 0.15) is 11.6 Å². The summed E-state index contributed by atoms with van der Waals surface area (Å²) in [5.74, 6) is -0.177. The number of rotatable bonds is 5. The van der Waals surface area contributed by atoms with Crippen molar-refractivity contribution < 1.29 is 9.18 Å². The summed E-state index contributed by atoms with van der Waals surface area (Å²) in [5, 5.41) is 0. The van der Waals surface area contributed by atoms with Gasteiger partial charge in [0.05, 0.1) is 4.47 Å². The maximum absolute atomic E-state index is 13.3. The largest absolute Gasteiger partial charge is 0.330 e. The van der Waals surface area contributed by atoms with E-state index in [0.717, 1.165) is 19.3 Å². The summed E-state index contributed by atoms with van der Waals surface area (Å²) in [7, 11) is 0. The lowest BCUT2D eigenvalue weighted by atomic mass is 9.65. The monoisotopic (exact) mass is 313 g/mol. The van der Waals surface area contributed by atoms with Crippen molar-refractivity contribution in [2.45, 2.75) is 32.1 Å². The Labute approximate surface area is 115 Å². The predicted molar refractivity (Wildman–Crippen MR) is 72.8 cm³/mol. The van der Waals surface area contributed by atoms with Crippen LogP contribution >= 0.6 is 15.9 Å². The Morgan fingerprint density at radius 3 is 2.72 bits per heavy atom. The third-order valence-electron chi connectivity index (χ3n) is 3.84. The Morgan fingerprint density at radius 1 is 1.44 bits per heavy atom. The number of benzene rings is 1. The molecule has 2 N–H and O–H groups in total. The van der Waals surface area contributed by atoms with Gasteiger partial charge >= 0.3 is 0 Å². The molecule has 0 bridgehead atoms. The predicted octanol–water partition coefficient (Wildman–Crippen LogP) is 3.22. The second-order valence-corrected chi connectivity index (χ2v) is 5.96. The maximum atomic E-state index is 13.3. The van der Waals surface area contributed by atoms with Crippen molar-refractivity contribution in [3.05, 3.63) is 34.1 Å². The van der Waals surface area contributed by atoms with Gasteiger partial charge in [0.25, 0.3) is 0 Å². The summed E-state index contributed by atoms with van der Waals surface area (Å²) in [5.41, 5.74) is 6.48. The Morgan fingerprint density at radius 2 is 2.17 bits per heavy atom. The van der Waals surface area contributed by atoms with Crippen molar-refractivity contribution in [1.82, 2.24) is 0 Å². The van der Waals surface area contributed by atoms with Gasteiger partial charge in [-0.05, 0) is 52.4 Å². The molecular weight excluding hydrogens is 297 g/mol. The lowest BCUT2D eigenvalue weighted by Gasteiger charge is -2.40. The standard InChI is InChI=1S/C14H17BrFNO/c15-13-10(3-1-4-12(13)16)7-11(18)8-14(9-17)5-2-6-14/h1,3-4H,2,5-9,17H2. The van der Waals surface area contributed by atoms with Crippen LogP contribution in [0.2, 0.25) is 0 Å². The number of Topliss-reactive ketones (excluding diaryl/α,β-unsaturated/α-hetero) is 1. The molecule has 0 unspecified atom stereocenters. The minimum Gasteiger partial charge on any atom is -0.330 e. The number of halogens is 2. The van der Waals surface area contributed by atoms with Crippen LogP contribution in [0.1, 0.15) is 31.2 Å². The molecule has 1 aromatic carbocycles. The van der Waals surface area contributed by atoms with Crippen LogP contribution in [0.5, 0.6) is 0 Å². The van der Waals surface area contributed by atoms with Crippen LogP contribution in [0.25, 0.3) is 0 Å². The third-order valence-corrected chi connectivity index (χ3v) is 4.73. The lowest BCUT2D eigenvalue weighted by Crippen LogP contribution is -2.39. The zero-order valence-electron chi connectivity index (χ0n) is 10.2. The first-order chi connectivity index (χ1) is 8.56. The quantitative estimate of drug-likeness (QED) is 0.907. The Balaban J connectivity index is 2.01. The second-order valence-electron chi connectivity index (χ2n) is 5.16. The average Bonchev–Trinajstić information content (AvgIpc) is 2.30. The van der Waals surface area contributed by atoms with Crippen LogP contribution < -0.4 is 5.73 Å². The number of carbonyl (C=O) groups excluding carboxylic acids is 1. The molecule has 0 amide bonds. The first-order valence-corrected chi connectivity index (χ1v) is 7.00. The highest BCUT2D eigenvalue weighted by Crippen LogP contribution is 2.43. The molecule has 18 heavy (non-hydrogen) atoms. The molecule has 1 aliphatic carbocycles. The molecule has 1 saturated carbocycles. The summed E-state index contributed by atoms with van der Waals surface area (Å²) in [6.07, 6.45) is 4.04. The van der Waals surface area contributed by atoms with Gasteiger partial charge < -0.3 is 5.73 Å². The number of hydrogen-bond acceptors (Lipinski definition) is 2. The van der Waals surface area contributed by atoms with E-state index < -0.39 is 0 Å². The summed E-state index contributed by atoms with van der Waals surface area (Å²) < 4.78 is 13.7. The Bertz CT molecular complexity index is 452. The minimum absolute atomic E-state index is 0.0247. The van der Waals surface area contributed by atoms with Gasteiger partial charge in [0.15, 0.2) is 0 Å². The van der Waals surface area contributed by atoms with E-state index in [0.29, 0.717) is 23.0 Å². The van der Waals surface area contributed by atoms with E-state index in [4.69, 9.17) is 5.73 Å². The molecule has 0 heterocycles. The van der Waals surface area contributed by atoms with E-state index >= 15 is 0 Å². The van der Waals surface area contributed by atoms with Gasteiger partial charge in [-0.2, -0.15) is 0 Å². The zero-order valence-corrected chi connectivity index (χ0v) is 11.8. The minimum atomic E-state index is -0.322. The van der Waals surface area contributed by atoms with Crippen LogP contribution in [0.3, 0.4) is 0 Å². The molecule has 2 rings (SSSR count). The Hall–Kier alpha value is -0.740. The van der Waals surface area contributed by atoms with Gasteiger partial charge in [-0.15, -0.1) is 0 Å². The fourth-order valence-corrected chi connectivity index (χ4v) is 2.91. The smallest absolute Gasteiger partial charge is 0.137 e. The highest BCUT2D eigenvalue weighted by molar-refractivity contribution is 9.10. The highest BCUT2D eigenvalue weighted by atomic mass is 79.9. The number of hydrogen-bond donors (Lipinski definition) is 1. The van der Waals surface area contributed by atoms with E-state index in [9.17, 15) is 9.18 Å². The van der Waals surface area contributed by atoms with Crippen molar-refractivity contribution in [3.63, 3.8) is 0 Å². The summed E-state index contributed by atoms with van der Waals surface area (Å²) >= 11 is 3.18. The van der Waals surface area contributed by atoms with E-state index in [2.05, 4.69) is 15.9 Å². The zero-order chi connectivity index (χ0) is 13.2.